The van der Waals surface area contributed by atoms with Crippen LogP contribution in [-0.2, 0) is 32.7 Å². The lowest BCUT2D eigenvalue weighted by Crippen LogP contribution is -2.29. The van der Waals surface area contributed by atoms with Gasteiger partial charge in [0, 0.05) is 19.4 Å². The van der Waals surface area contributed by atoms with E-state index >= 15 is 0 Å². The zero-order chi connectivity index (χ0) is 44.0. The number of carbonyl (C=O) groups excluding carboxylic acids is 2. The Labute approximate surface area is 365 Å². The van der Waals surface area contributed by atoms with Gasteiger partial charge in [0.1, 0.15) is 6.61 Å². The quantitative estimate of drug-likeness (QED) is 0.0178. The minimum absolute atomic E-state index is 0.0251. The van der Waals surface area contributed by atoms with Crippen LogP contribution in [-0.4, -0.2) is 60.5 Å². The summed E-state index contributed by atoms with van der Waals surface area (Å²) in [5.74, 6) is -1.02. The maximum Gasteiger partial charge on any atom is 0.472 e. The lowest BCUT2D eigenvalue weighted by molar-refractivity contribution is -0.161. The van der Waals surface area contributed by atoms with Crippen molar-refractivity contribution in [3.63, 3.8) is 0 Å². The summed E-state index contributed by atoms with van der Waals surface area (Å²) in [5, 5.41) is 10.2. The molecule has 0 saturated heterocycles. The molecular weight excluding hydrogens is 778 g/mol. The number of carbonyl (C=O) groups is 2. The lowest BCUT2D eigenvalue weighted by atomic mass is 10.1. The number of hydrogen-bond acceptors (Lipinski definition) is 9. The van der Waals surface area contributed by atoms with Crippen LogP contribution in [0.1, 0.15) is 174 Å². The molecule has 0 amide bonds. The Morgan fingerprint density at radius 3 is 1.75 bits per heavy atom. The first kappa shape index (κ1) is 57.1. The van der Waals surface area contributed by atoms with Gasteiger partial charge in [0.15, 0.2) is 6.10 Å². The molecule has 0 rings (SSSR count). The number of aliphatic hydroxyl groups is 1. The zero-order valence-corrected chi connectivity index (χ0v) is 38.4. The molecule has 0 aromatic rings. The van der Waals surface area contributed by atoms with Crippen LogP contribution in [0.4, 0.5) is 0 Å². The molecule has 10 nitrogen and oxygen atoms in total. The SMILES string of the molecule is CC/C=C\C/C=C\C/C=C\C/C=C\C=C/C(O)C/C=C\CCC(=O)OC[C@H](COP(=O)(O)OCCN)OC(=O)CCCCCCCCCCC/C=C\CCCCCCCC. The van der Waals surface area contributed by atoms with Crippen LogP contribution in [0, 0.1) is 0 Å². The summed E-state index contributed by atoms with van der Waals surface area (Å²) in [4.78, 5) is 34.9. The predicted octanol–water partition coefficient (Wildman–Crippen LogP) is 12.6. The van der Waals surface area contributed by atoms with Crippen LogP contribution in [0.3, 0.4) is 0 Å². The van der Waals surface area contributed by atoms with E-state index < -0.39 is 38.6 Å². The topological polar surface area (TPSA) is 155 Å². The summed E-state index contributed by atoms with van der Waals surface area (Å²) < 4.78 is 32.7. The van der Waals surface area contributed by atoms with Gasteiger partial charge in [-0.15, -0.1) is 0 Å². The summed E-state index contributed by atoms with van der Waals surface area (Å²) in [6, 6.07) is 0. The van der Waals surface area contributed by atoms with E-state index in [1.165, 1.54) is 83.5 Å². The second-order valence-electron chi connectivity index (χ2n) is 15.1. The van der Waals surface area contributed by atoms with E-state index in [-0.39, 0.29) is 32.6 Å². The minimum atomic E-state index is -4.43. The molecule has 0 bridgehead atoms. The van der Waals surface area contributed by atoms with E-state index in [9.17, 15) is 24.2 Å². The van der Waals surface area contributed by atoms with Crippen molar-refractivity contribution in [3.05, 3.63) is 85.1 Å². The van der Waals surface area contributed by atoms with Crippen molar-refractivity contribution < 1.29 is 42.7 Å². The summed E-state index contributed by atoms with van der Waals surface area (Å²) >= 11 is 0. The van der Waals surface area contributed by atoms with Gasteiger partial charge in [-0.2, -0.15) is 0 Å². The van der Waals surface area contributed by atoms with Gasteiger partial charge >= 0.3 is 19.8 Å². The zero-order valence-electron chi connectivity index (χ0n) is 37.5. The summed E-state index contributed by atoms with van der Waals surface area (Å²) in [5.41, 5.74) is 5.34. The molecule has 0 aromatic heterocycles. The van der Waals surface area contributed by atoms with Crippen molar-refractivity contribution in [2.75, 3.05) is 26.4 Å². The summed E-state index contributed by atoms with van der Waals surface area (Å²) in [6.45, 7) is 3.40. The predicted molar refractivity (Wildman–Crippen MR) is 248 cm³/mol. The molecule has 60 heavy (non-hydrogen) atoms. The van der Waals surface area contributed by atoms with Crippen LogP contribution in [0.15, 0.2) is 85.1 Å². The third-order valence-electron chi connectivity index (χ3n) is 9.36. The van der Waals surface area contributed by atoms with Crippen molar-refractivity contribution in [3.8, 4) is 0 Å². The average molecular weight is 862 g/mol. The molecule has 0 heterocycles. The minimum Gasteiger partial charge on any atom is -0.462 e. The number of nitrogens with two attached hydrogens (primary N) is 1. The molecule has 0 aliphatic carbocycles. The maximum atomic E-state index is 12.6. The molecule has 0 saturated carbocycles. The van der Waals surface area contributed by atoms with Gasteiger partial charge in [-0.3, -0.25) is 18.6 Å². The Kier molecular flexibility index (Phi) is 42.1. The second-order valence-corrected chi connectivity index (χ2v) is 16.5. The highest BCUT2D eigenvalue weighted by molar-refractivity contribution is 7.47. The molecule has 2 unspecified atom stereocenters. The first-order valence-corrected chi connectivity index (χ1v) is 24.7. The Morgan fingerprint density at radius 2 is 1.15 bits per heavy atom. The first-order valence-electron chi connectivity index (χ1n) is 23.2. The first-order chi connectivity index (χ1) is 29.2. The molecular formula is C49H84NO9P. The van der Waals surface area contributed by atoms with E-state index in [1.807, 2.05) is 18.2 Å². The molecule has 0 fully saturated rings. The maximum absolute atomic E-state index is 12.6. The Hall–Kier alpha value is -2.85. The highest BCUT2D eigenvalue weighted by atomic mass is 31.2. The van der Waals surface area contributed by atoms with Crippen LogP contribution < -0.4 is 5.73 Å². The number of unbranched alkanes of at least 4 members (excludes halogenated alkanes) is 15. The van der Waals surface area contributed by atoms with Crippen molar-refractivity contribution in [1.29, 1.82) is 0 Å². The number of hydrogen-bond donors (Lipinski definition) is 3. The van der Waals surface area contributed by atoms with Crippen LogP contribution in [0.5, 0.6) is 0 Å². The number of aliphatic hydroxyl groups excluding tert-OH is 1. The molecule has 4 N–H and O–H groups in total. The largest absolute Gasteiger partial charge is 0.472 e. The number of esters is 2. The standard InChI is InChI=1S/C49H84NO9P/c1-3-5-7-9-11-13-15-17-18-19-20-21-22-24-26-28-30-32-36-41-49(53)59-47(45-58-60(54,55)57-43-42-50)44-56-48(52)40-37-33-35-39-46(51)38-34-31-29-27-25-23-16-14-12-10-8-6-4-2/h6,8,12,14,17-18,23,25,29,31,33-35,38,46-47,51H,3-5,7,9-11,13,15-16,19-22,24,26-28,30,32,36-37,39-45,50H2,1-2H3,(H,54,55)/b8-6-,14-12-,18-17-,25-23-,31-29-,35-33-,38-34-/t46?,47-/m1/s1. The Bertz CT molecular complexity index is 1270. The summed E-state index contributed by atoms with van der Waals surface area (Å²) in [6.07, 6.45) is 52.2. The fourth-order valence-corrected chi connectivity index (χ4v) is 6.68. The molecule has 0 aliphatic heterocycles. The van der Waals surface area contributed by atoms with Crippen molar-refractivity contribution in [1.82, 2.24) is 0 Å². The highest BCUT2D eigenvalue weighted by Crippen LogP contribution is 2.43. The smallest absolute Gasteiger partial charge is 0.462 e. The Balaban J connectivity index is 4.33. The molecule has 11 heteroatoms. The molecule has 0 aromatic carbocycles. The van der Waals surface area contributed by atoms with E-state index in [1.54, 1.807) is 18.2 Å². The van der Waals surface area contributed by atoms with E-state index in [0.717, 1.165) is 44.9 Å². The third kappa shape index (κ3) is 43.2. The van der Waals surface area contributed by atoms with Crippen molar-refractivity contribution in [2.24, 2.45) is 5.73 Å². The molecule has 344 valence electrons. The number of ether oxygens (including phenoxy) is 2. The summed E-state index contributed by atoms with van der Waals surface area (Å²) in [7, 11) is -4.43. The molecule has 0 radical (unpaired) electrons. The van der Waals surface area contributed by atoms with E-state index in [0.29, 0.717) is 19.3 Å². The van der Waals surface area contributed by atoms with Gasteiger partial charge in [-0.1, -0.05) is 176 Å². The fourth-order valence-electron chi connectivity index (χ4n) is 5.92. The number of allylic oxidation sites excluding steroid dienone is 12. The molecule has 0 aliphatic rings. The lowest BCUT2D eigenvalue weighted by Gasteiger charge is -2.19. The average Bonchev–Trinajstić information content (AvgIpc) is 3.23. The highest BCUT2D eigenvalue weighted by Gasteiger charge is 2.26. The van der Waals surface area contributed by atoms with Crippen LogP contribution in [0.2, 0.25) is 0 Å². The van der Waals surface area contributed by atoms with Gasteiger partial charge in [0.05, 0.1) is 19.3 Å². The van der Waals surface area contributed by atoms with Gasteiger partial charge in [0.2, 0.25) is 0 Å². The normalized spacial score (nSPS) is 14.6. The number of rotatable bonds is 42. The van der Waals surface area contributed by atoms with Crippen molar-refractivity contribution in [2.45, 2.75) is 187 Å². The van der Waals surface area contributed by atoms with Crippen molar-refractivity contribution >= 4 is 19.8 Å². The van der Waals surface area contributed by atoms with Gasteiger partial charge < -0.3 is 25.2 Å². The van der Waals surface area contributed by atoms with E-state index in [4.69, 9.17) is 24.3 Å². The third-order valence-corrected chi connectivity index (χ3v) is 10.3. The molecule has 0 spiro atoms. The molecule has 3 atom stereocenters. The van der Waals surface area contributed by atoms with Crippen LogP contribution >= 0.6 is 7.82 Å². The van der Waals surface area contributed by atoms with E-state index in [2.05, 4.69) is 62.5 Å². The fraction of sp³-hybridized carbons (Fsp3) is 0.673. The van der Waals surface area contributed by atoms with Gasteiger partial charge in [-0.25, -0.2) is 4.57 Å². The second kappa shape index (κ2) is 44.2. The monoisotopic (exact) mass is 862 g/mol. The number of phosphoric acid groups is 1. The van der Waals surface area contributed by atoms with Gasteiger partial charge in [-0.05, 0) is 70.6 Å². The van der Waals surface area contributed by atoms with Gasteiger partial charge in [0.25, 0.3) is 0 Å². The van der Waals surface area contributed by atoms with Crippen LogP contribution in [0.25, 0.3) is 0 Å². The number of phosphoric ester groups is 1. The Morgan fingerprint density at radius 1 is 0.600 bits per heavy atom.